The molecule has 0 saturated heterocycles. The number of anilines is 1. The van der Waals surface area contributed by atoms with Crippen molar-refractivity contribution in [1.82, 2.24) is 4.57 Å². The summed E-state index contributed by atoms with van der Waals surface area (Å²) in [6.07, 6.45) is 0.0634. The van der Waals surface area contributed by atoms with E-state index in [-0.39, 0.29) is 34.6 Å². The van der Waals surface area contributed by atoms with Crippen LogP contribution in [-0.4, -0.2) is 48.4 Å². The van der Waals surface area contributed by atoms with Crippen molar-refractivity contribution in [2.75, 3.05) is 26.1 Å². The van der Waals surface area contributed by atoms with Gasteiger partial charge in [-0.15, -0.1) is 0 Å². The number of ketones is 2. The molecule has 1 aliphatic rings. The van der Waals surface area contributed by atoms with E-state index < -0.39 is 23.4 Å². The fourth-order valence-electron chi connectivity index (χ4n) is 4.00. The Morgan fingerprint density at radius 1 is 1.00 bits per heavy atom. The van der Waals surface area contributed by atoms with E-state index in [4.69, 9.17) is 4.74 Å². The lowest BCUT2D eigenvalue weighted by Gasteiger charge is -2.24. The van der Waals surface area contributed by atoms with Gasteiger partial charge in [0.25, 0.3) is 0 Å². The molecule has 0 unspecified atom stereocenters. The van der Waals surface area contributed by atoms with Crippen molar-refractivity contribution in [3.05, 3.63) is 64.7 Å². The molecule has 2 aromatic carbocycles. The molecule has 0 spiro atoms. The van der Waals surface area contributed by atoms with Crippen molar-refractivity contribution < 1.29 is 24.2 Å². The molecule has 31 heavy (non-hydrogen) atoms. The van der Waals surface area contributed by atoms with Gasteiger partial charge < -0.3 is 14.7 Å². The van der Waals surface area contributed by atoms with Crippen molar-refractivity contribution in [2.45, 2.75) is 13.3 Å². The molecule has 1 aliphatic carbocycles. The lowest BCUT2D eigenvalue weighted by molar-refractivity contribution is 0.0889. The standard InChI is InChI=1S/C24H22N2O5/c1-5-17(27)26-23(30)19-20(24(26)31-4)22(29)18-15(21(19)28)11-14(12-16(18)25(2)3)13-9-7-6-8-10-13/h6-12,30H,5H2,1-4H3. The summed E-state index contributed by atoms with van der Waals surface area (Å²) < 4.78 is 6.21. The smallest absolute Gasteiger partial charge is 0.236 e. The summed E-state index contributed by atoms with van der Waals surface area (Å²) in [7, 11) is 4.88. The van der Waals surface area contributed by atoms with Crippen molar-refractivity contribution in [2.24, 2.45) is 0 Å². The molecule has 4 rings (SSSR count). The van der Waals surface area contributed by atoms with Crippen LogP contribution in [0.15, 0.2) is 42.5 Å². The summed E-state index contributed by atoms with van der Waals surface area (Å²) >= 11 is 0. The predicted molar refractivity (Wildman–Crippen MR) is 117 cm³/mol. The molecule has 0 bridgehead atoms. The Labute approximate surface area is 179 Å². The summed E-state index contributed by atoms with van der Waals surface area (Å²) in [5.74, 6) is -2.17. The molecule has 1 aromatic heterocycles. The first kappa shape index (κ1) is 20.4. The maximum atomic E-state index is 13.6. The second-order valence-corrected chi connectivity index (χ2v) is 7.50. The molecular formula is C24H22N2O5. The van der Waals surface area contributed by atoms with E-state index in [9.17, 15) is 19.5 Å². The summed E-state index contributed by atoms with van der Waals surface area (Å²) in [6, 6.07) is 13.0. The Balaban J connectivity index is 2.04. The number of benzene rings is 2. The number of carbonyl (C=O) groups is 3. The SMILES string of the molecule is CCC(=O)n1c(O)c2c(c1OC)C(=O)c1c(cc(-c3ccccc3)cc1N(C)C)C2=O. The largest absolute Gasteiger partial charge is 0.494 e. The Morgan fingerprint density at radius 2 is 1.68 bits per heavy atom. The molecule has 1 N–H and O–H groups in total. The summed E-state index contributed by atoms with van der Waals surface area (Å²) in [5, 5.41) is 10.7. The van der Waals surface area contributed by atoms with E-state index in [2.05, 4.69) is 0 Å². The normalized spacial score (nSPS) is 12.4. The average Bonchev–Trinajstić information content (AvgIpc) is 3.09. The fraction of sp³-hybridized carbons (Fsp3) is 0.208. The van der Waals surface area contributed by atoms with Gasteiger partial charge in [0, 0.05) is 31.8 Å². The highest BCUT2D eigenvalue weighted by Crippen LogP contribution is 2.44. The highest BCUT2D eigenvalue weighted by Gasteiger charge is 2.42. The third kappa shape index (κ3) is 2.92. The lowest BCUT2D eigenvalue weighted by Crippen LogP contribution is -2.24. The van der Waals surface area contributed by atoms with Gasteiger partial charge in [-0.25, -0.2) is 4.57 Å². The summed E-state index contributed by atoms with van der Waals surface area (Å²) in [5.41, 5.74) is 2.34. The fourth-order valence-corrected chi connectivity index (χ4v) is 4.00. The molecule has 7 nitrogen and oxygen atoms in total. The molecule has 7 heteroatoms. The topological polar surface area (TPSA) is 88.8 Å². The lowest BCUT2D eigenvalue weighted by atomic mass is 9.83. The zero-order chi connectivity index (χ0) is 22.4. The molecule has 3 aromatic rings. The highest BCUT2D eigenvalue weighted by atomic mass is 16.5. The van der Waals surface area contributed by atoms with Crippen LogP contribution in [0.4, 0.5) is 5.69 Å². The molecule has 1 heterocycles. The van der Waals surface area contributed by atoms with Crippen molar-refractivity contribution in [3.63, 3.8) is 0 Å². The second kappa shape index (κ2) is 7.43. The minimum atomic E-state index is -0.570. The molecule has 0 fully saturated rings. The Kier molecular flexibility index (Phi) is 4.89. The minimum Gasteiger partial charge on any atom is -0.494 e. The number of methoxy groups -OCH3 is 1. The van der Waals surface area contributed by atoms with Crippen LogP contribution < -0.4 is 9.64 Å². The van der Waals surface area contributed by atoms with Crippen molar-refractivity contribution >= 4 is 23.2 Å². The summed E-state index contributed by atoms with van der Waals surface area (Å²) in [4.78, 5) is 41.3. The zero-order valence-electron chi connectivity index (χ0n) is 17.7. The van der Waals surface area contributed by atoms with Crippen molar-refractivity contribution in [3.8, 4) is 22.9 Å². The van der Waals surface area contributed by atoms with Gasteiger partial charge in [0.2, 0.25) is 23.5 Å². The zero-order valence-corrected chi connectivity index (χ0v) is 17.7. The number of fused-ring (bicyclic) bond motifs is 2. The van der Waals surface area contributed by atoms with E-state index in [1.165, 1.54) is 7.11 Å². The van der Waals surface area contributed by atoms with Gasteiger partial charge in [-0.3, -0.25) is 14.4 Å². The van der Waals surface area contributed by atoms with Gasteiger partial charge in [-0.05, 0) is 23.3 Å². The number of rotatable bonds is 4. The number of carbonyl (C=O) groups excluding carboxylic acids is 3. The Bertz CT molecular complexity index is 1240. The van der Waals surface area contributed by atoms with E-state index in [1.54, 1.807) is 32.0 Å². The third-order valence-corrected chi connectivity index (χ3v) is 5.48. The van der Waals surface area contributed by atoms with Gasteiger partial charge in [0.15, 0.2) is 5.78 Å². The van der Waals surface area contributed by atoms with E-state index in [0.717, 1.165) is 15.7 Å². The third-order valence-electron chi connectivity index (χ3n) is 5.48. The number of aromatic nitrogens is 1. The van der Waals surface area contributed by atoms with Gasteiger partial charge in [-0.2, -0.15) is 0 Å². The quantitative estimate of drug-likeness (QED) is 0.543. The average molecular weight is 418 g/mol. The first-order valence-electron chi connectivity index (χ1n) is 9.86. The van der Waals surface area contributed by atoms with Crippen LogP contribution in [-0.2, 0) is 0 Å². The predicted octanol–water partition coefficient (Wildman–Crippen LogP) is 3.76. The Morgan fingerprint density at radius 3 is 2.26 bits per heavy atom. The second-order valence-electron chi connectivity index (χ2n) is 7.50. The van der Waals surface area contributed by atoms with Gasteiger partial charge in [-0.1, -0.05) is 37.3 Å². The monoisotopic (exact) mass is 418 g/mol. The minimum absolute atomic E-state index is 0.0634. The van der Waals surface area contributed by atoms with Crippen LogP contribution in [0.5, 0.6) is 11.8 Å². The van der Waals surface area contributed by atoms with Crippen LogP contribution >= 0.6 is 0 Å². The number of aromatic hydroxyl groups is 1. The molecular weight excluding hydrogens is 396 g/mol. The highest BCUT2D eigenvalue weighted by molar-refractivity contribution is 6.32. The molecule has 0 atom stereocenters. The number of hydrogen-bond acceptors (Lipinski definition) is 6. The first-order chi connectivity index (χ1) is 14.8. The molecule has 0 aliphatic heterocycles. The van der Waals surface area contributed by atoms with Gasteiger partial charge in [0.05, 0.1) is 18.2 Å². The van der Waals surface area contributed by atoms with Crippen molar-refractivity contribution in [1.29, 1.82) is 0 Å². The number of ether oxygens (including phenoxy) is 1. The van der Waals surface area contributed by atoms with Crippen LogP contribution in [0.3, 0.4) is 0 Å². The van der Waals surface area contributed by atoms with Crippen LogP contribution in [0.1, 0.15) is 50.0 Å². The molecule has 158 valence electrons. The maximum Gasteiger partial charge on any atom is 0.236 e. The van der Waals surface area contributed by atoms with Gasteiger partial charge in [0.1, 0.15) is 5.56 Å². The van der Waals surface area contributed by atoms with E-state index in [1.807, 2.05) is 36.4 Å². The molecule has 0 radical (unpaired) electrons. The molecule has 0 saturated carbocycles. The maximum absolute atomic E-state index is 13.6. The van der Waals surface area contributed by atoms with Crippen LogP contribution in [0, 0.1) is 0 Å². The van der Waals surface area contributed by atoms with E-state index >= 15 is 0 Å². The Hall–Kier alpha value is -3.87. The first-order valence-corrected chi connectivity index (χ1v) is 9.86. The van der Waals surface area contributed by atoms with Gasteiger partial charge >= 0.3 is 0 Å². The number of nitrogens with zero attached hydrogens (tertiary/aromatic N) is 2. The number of hydrogen-bond donors (Lipinski definition) is 1. The molecule has 0 amide bonds. The van der Waals surface area contributed by atoms with Crippen LogP contribution in [0.25, 0.3) is 11.1 Å². The van der Waals surface area contributed by atoms with E-state index in [0.29, 0.717) is 5.69 Å². The van der Waals surface area contributed by atoms with Crippen LogP contribution in [0.2, 0.25) is 0 Å². The summed E-state index contributed by atoms with van der Waals surface area (Å²) in [6.45, 7) is 1.62.